The average Bonchev–Trinajstić information content (AvgIpc) is 2.74. The van der Waals surface area contributed by atoms with Crippen molar-refractivity contribution in [2.75, 3.05) is 0 Å². The van der Waals surface area contributed by atoms with Crippen LogP contribution in [0.1, 0.15) is 23.6 Å². The minimum absolute atomic E-state index is 0.421. The van der Waals surface area contributed by atoms with Gasteiger partial charge in [-0.2, -0.15) is 5.26 Å². The molecule has 1 unspecified atom stereocenters. The maximum Gasteiger partial charge on any atom is 0.116 e. The lowest BCUT2D eigenvalue weighted by Gasteiger charge is -2.25. The zero-order valence-corrected chi connectivity index (χ0v) is 10.7. The fourth-order valence-corrected chi connectivity index (χ4v) is 2.16. The zero-order valence-electron chi connectivity index (χ0n) is 10.7. The zero-order chi connectivity index (χ0) is 14.0. The highest BCUT2D eigenvalue weighted by molar-refractivity contribution is 5.48. The number of hydrogen-bond acceptors (Lipinski definition) is 2. The Hall–Kier alpha value is -2.18. The molecule has 0 bridgehead atoms. The molecule has 3 heteroatoms. The van der Waals surface area contributed by atoms with Gasteiger partial charge >= 0.3 is 0 Å². The first-order valence-electron chi connectivity index (χ1n) is 5.86. The van der Waals surface area contributed by atoms with Crippen LogP contribution in [0.5, 0.6) is 0 Å². The summed E-state index contributed by atoms with van der Waals surface area (Å²) in [6, 6.07) is 7.52. The van der Waals surface area contributed by atoms with Gasteiger partial charge in [0.05, 0.1) is 18.2 Å². The van der Waals surface area contributed by atoms with Crippen molar-refractivity contribution in [1.29, 1.82) is 5.26 Å². The Labute approximate surface area is 112 Å². The van der Waals surface area contributed by atoms with Crippen molar-refractivity contribution in [2.24, 2.45) is 0 Å². The molecule has 0 saturated carbocycles. The number of nitrogens with zero attached hydrogens (tertiary/aromatic N) is 1. The van der Waals surface area contributed by atoms with Gasteiger partial charge in [-0.25, -0.2) is 4.39 Å². The third-order valence-electron chi connectivity index (χ3n) is 3.34. The fraction of sp³-hybridized carbons (Fsp3) is 0.188. The molecule has 0 amide bonds. The Kier molecular flexibility index (Phi) is 3.37. The fourth-order valence-electron chi connectivity index (χ4n) is 2.16. The third kappa shape index (κ3) is 2.35. The van der Waals surface area contributed by atoms with E-state index in [1.165, 1.54) is 6.08 Å². The highest BCUT2D eigenvalue weighted by Crippen LogP contribution is 2.41. The second-order valence-electron chi connectivity index (χ2n) is 4.61. The quantitative estimate of drug-likeness (QED) is 0.767. The monoisotopic (exact) mass is 255 g/mol. The van der Waals surface area contributed by atoms with Crippen LogP contribution in [0.4, 0.5) is 4.39 Å². The first-order chi connectivity index (χ1) is 8.97. The van der Waals surface area contributed by atoms with Crippen LogP contribution in [-0.2, 0) is 16.9 Å². The highest BCUT2D eigenvalue weighted by atomic mass is 19.1. The SMILES string of the molecule is C=C(F)/C=C\C(=C)C1(C)OCc2cc(C#N)ccc21. The molecule has 1 aromatic carbocycles. The molecule has 1 aliphatic rings. The van der Waals surface area contributed by atoms with Crippen LogP contribution < -0.4 is 0 Å². The molecule has 0 spiro atoms. The molecule has 96 valence electrons. The van der Waals surface area contributed by atoms with E-state index in [2.05, 4.69) is 19.2 Å². The largest absolute Gasteiger partial charge is 0.361 e. The Bertz CT molecular complexity index is 624. The molecule has 2 rings (SSSR count). The molecular weight excluding hydrogens is 241 g/mol. The number of hydrogen-bond donors (Lipinski definition) is 0. The van der Waals surface area contributed by atoms with Crippen LogP contribution in [-0.4, -0.2) is 0 Å². The second-order valence-corrected chi connectivity index (χ2v) is 4.61. The lowest BCUT2D eigenvalue weighted by molar-refractivity contribution is 0.00947. The van der Waals surface area contributed by atoms with E-state index in [1.807, 2.05) is 19.1 Å². The van der Waals surface area contributed by atoms with Gasteiger partial charge in [-0.05, 0) is 41.8 Å². The molecule has 1 atom stereocenters. The first-order valence-corrected chi connectivity index (χ1v) is 5.86. The summed E-state index contributed by atoms with van der Waals surface area (Å²) < 4.78 is 18.5. The van der Waals surface area contributed by atoms with E-state index in [-0.39, 0.29) is 0 Å². The predicted octanol–water partition coefficient (Wildman–Crippen LogP) is 3.90. The van der Waals surface area contributed by atoms with Gasteiger partial charge in [0.15, 0.2) is 0 Å². The summed E-state index contributed by atoms with van der Waals surface area (Å²) in [5, 5.41) is 8.88. The van der Waals surface area contributed by atoms with Gasteiger partial charge in [0, 0.05) is 0 Å². The van der Waals surface area contributed by atoms with Gasteiger partial charge in [-0.15, -0.1) is 0 Å². The Morgan fingerprint density at radius 3 is 2.84 bits per heavy atom. The number of allylic oxidation sites excluding steroid dienone is 2. The van der Waals surface area contributed by atoms with Gasteiger partial charge in [0.2, 0.25) is 0 Å². The standard InChI is InChI=1S/C16H14FNO/c1-11(4-5-12(2)17)16(3)15-7-6-13(9-18)8-14(15)10-19-16/h4-8H,1-2,10H2,3H3/b5-4-. The summed E-state index contributed by atoms with van der Waals surface area (Å²) in [4.78, 5) is 0. The Morgan fingerprint density at radius 1 is 1.47 bits per heavy atom. The number of halogens is 1. The maximum absolute atomic E-state index is 12.7. The molecule has 1 aromatic rings. The first kappa shape index (κ1) is 13.3. The van der Waals surface area contributed by atoms with Crippen LogP contribution in [0.3, 0.4) is 0 Å². The van der Waals surface area contributed by atoms with Crippen molar-refractivity contribution < 1.29 is 9.13 Å². The number of ether oxygens (including phenoxy) is 1. The van der Waals surface area contributed by atoms with Crippen molar-refractivity contribution in [3.8, 4) is 6.07 Å². The van der Waals surface area contributed by atoms with Crippen LogP contribution >= 0.6 is 0 Å². The molecule has 2 nitrogen and oxygen atoms in total. The van der Waals surface area contributed by atoms with E-state index < -0.39 is 11.4 Å². The van der Waals surface area contributed by atoms with Crippen LogP contribution in [0.25, 0.3) is 0 Å². The predicted molar refractivity (Wildman–Crippen MR) is 71.8 cm³/mol. The van der Waals surface area contributed by atoms with Gasteiger partial charge in [-0.1, -0.05) is 25.3 Å². The Morgan fingerprint density at radius 2 is 2.21 bits per heavy atom. The van der Waals surface area contributed by atoms with Crippen LogP contribution in [0.15, 0.2) is 54.9 Å². The number of rotatable bonds is 3. The molecular formula is C16H14FNO. The van der Waals surface area contributed by atoms with Crippen molar-refractivity contribution in [1.82, 2.24) is 0 Å². The summed E-state index contributed by atoms with van der Waals surface area (Å²) in [5.41, 5.74) is 2.50. The van der Waals surface area contributed by atoms with E-state index in [9.17, 15) is 4.39 Å². The normalized spacial score (nSPS) is 21.1. The molecule has 0 aromatic heterocycles. The lowest BCUT2D eigenvalue weighted by atomic mass is 9.87. The van der Waals surface area contributed by atoms with E-state index >= 15 is 0 Å². The number of fused-ring (bicyclic) bond motifs is 1. The van der Waals surface area contributed by atoms with Crippen molar-refractivity contribution in [3.63, 3.8) is 0 Å². The molecule has 0 fully saturated rings. The lowest BCUT2D eigenvalue weighted by Crippen LogP contribution is -2.22. The van der Waals surface area contributed by atoms with Gasteiger partial charge in [0.1, 0.15) is 11.4 Å². The van der Waals surface area contributed by atoms with Crippen molar-refractivity contribution in [2.45, 2.75) is 19.1 Å². The van der Waals surface area contributed by atoms with Gasteiger partial charge in [0.25, 0.3) is 0 Å². The molecule has 1 heterocycles. The molecule has 0 saturated heterocycles. The van der Waals surface area contributed by atoms with Crippen LogP contribution in [0, 0.1) is 11.3 Å². The smallest absolute Gasteiger partial charge is 0.116 e. The minimum atomic E-state index is -0.685. The Balaban J connectivity index is 2.37. The topological polar surface area (TPSA) is 33.0 Å². The molecule has 0 aliphatic carbocycles. The van der Waals surface area contributed by atoms with Gasteiger partial charge in [-0.3, -0.25) is 0 Å². The second kappa shape index (κ2) is 4.83. The van der Waals surface area contributed by atoms with Crippen molar-refractivity contribution in [3.05, 3.63) is 71.6 Å². The molecule has 19 heavy (non-hydrogen) atoms. The highest BCUT2D eigenvalue weighted by Gasteiger charge is 2.37. The summed E-state index contributed by atoms with van der Waals surface area (Å²) in [6.07, 6.45) is 2.83. The van der Waals surface area contributed by atoms with Crippen molar-refractivity contribution >= 4 is 0 Å². The maximum atomic E-state index is 12.7. The minimum Gasteiger partial charge on any atom is -0.361 e. The third-order valence-corrected chi connectivity index (χ3v) is 3.34. The van der Waals surface area contributed by atoms with E-state index in [0.717, 1.165) is 11.1 Å². The molecule has 1 aliphatic heterocycles. The van der Waals surface area contributed by atoms with Crippen LogP contribution in [0.2, 0.25) is 0 Å². The van der Waals surface area contributed by atoms with E-state index in [4.69, 9.17) is 10.00 Å². The average molecular weight is 255 g/mol. The summed E-state index contributed by atoms with van der Waals surface area (Å²) in [5.74, 6) is -0.525. The molecule has 0 N–H and O–H groups in total. The summed E-state index contributed by atoms with van der Waals surface area (Å²) in [6.45, 7) is 9.42. The van der Waals surface area contributed by atoms with Gasteiger partial charge < -0.3 is 4.74 Å². The number of nitriles is 1. The summed E-state index contributed by atoms with van der Waals surface area (Å²) in [7, 11) is 0. The summed E-state index contributed by atoms with van der Waals surface area (Å²) >= 11 is 0. The van der Waals surface area contributed by atoms with E-state index in [0.29, 0.717) is 17.7 Å². The van der Waals surface area contributed by atoms with E-state index in [1.54, 1.807) is 12.1 Å². The number of benzene rings is 1. The molecule has 0 radical (unpaired) electrons.